The lowest BCUT2D eigenvalue weighted by Gasteiger charge is -2.16. The fraction of sp³-hybridized carbons (Fsp3) is 0.190. The van der Waals surface area contributed by atoms with Crippen molar-refractivity contribution in [2.45, 2.75) is 13.5 Å². The number of benzene rings is 2. The number of nitrogens with zero attached hydrogens (tertiary/aromatic N) is 1. The number of amides is 1. The van der Waals surface area contributed by atoms with Crippen molar-refractivity contribution in [3.8, 4) is 16.9 Å². The topological polar surface area (TPSA) is 29.5 Å². The number of carbonyl (C=O) groups is 1. The van der Waals surface area contributed by atoms with Gasteiger partial charge in [-0.3, -0.25) is 4.79 Å². The van der Waals surface area contributed by atoms with Crippen molar-refractivity contribution < 1.29 is 9.53 Å². The Hall–Kier alpha value is -2.59. The minimum atomic E-state index is 0.0525. The van der Waals surface area contributed by atoms with Crippen molar-refractivity contribution in [3.63, 3.8) is 0 Å². The number of rotatable bonds is 5. The number of hydrogen-bond acceptors (Lipinski definition) is 3. The summed E-state index contributed by atoms with van der Waals surface area (Å²) in [6, 6.07) is 19.9. The highest BCUT2D eigenvalue weighted by molar-refractivity contribution is 7.14. The second-order valence-corrected chi connectivity index (χ2v) is 7.21. The van der Waals surface area contributed by atoms with E-state index in [1.165, 1.54) is 0 Å². The van der Waals surface area contributed by atoms with Gasteiger partial charge in [0.05, 0.1) is 12.0 Å². The van der Waals surface area contributed by atoms with Crippen molar-refractivity contribution in [2.24, 2.45) is 0 Å². The minimum absolute atomic E-state index is 0.0525. The van der Waals surface area contributed by atoms with Gasteiger partial charge >= 0.3 is 0 Å². The largest absolute Gasteiger partial charge is 0.497 e. The molecule has 3 rings (SSSR count). The monoisotopic (exact) mass is 351 g/mol. The van der Waals surface area contributed by atoms with Crippen LogP contribution < -0.4 is 4.74 Å². The second-order valence-electron chi connectivity index (χ2n) is 5.96. The molecule has 3 aromatic rings. The number of thiophene rings is 1. The zero-order valence-electron chi connectivity index (χ0n) is 14.7. The van der Waals surface area contributed by atoms with Crippen LogP contribution in [0.4, 0.5) is 0 Å². The van der Waals surface area contributed by atoms with Gasteiger partial charge < -0.3 is 9.64 Å². The first-order valence-electron chi connectivity index (χ1n) is 8.12. The van der Waals surface area contributed by atoms with Crippen molar-refractivity contribution in [3.05, 3.63) is 76.0 Å². The SMILES string of the molecule is COc1ccc(-c2cc(C(=O)N(C)Cc3ccccc3)sc2C)cc1. The highest BCUT2D eigenvalue weighted by atomic mass is 32.1. The third-order valence-corrected chi connectivity index (χ3v) is 5.18. The standard InChI is InChI=1S/C21H21NO2S/c1-15-19(17-9-11-18(24-3)12-10-17)13-20(25-15)21(23)22(2)14-16-7-5-4-6-8-16/h4-13H,14H2,1-3H3. The van der Waals surface area contributed by atoms with E-state index in [2.05, 4.69) is 6.92 Å². The molecule has 1 aromatic heterocycles. The van der Waals surface area contributed by atoms with E-state index >= 15 is 0 Å². The summed E-state index contributed by atoms with van der Waals surface area (Å²) in [7, 11) is 3.50. The Morgan fingerprint density at radius 1 is 1.08 bits per heavy atom. The molecule has 0 N–H and O–H groups in total. The van der Waals surface area contributed by atoms with Crippen molar-refractivity contribution in [1.82, 2.24) is 4.90 Å². The van der Waals surface area contributed by atoms with Crippen LogP contribution in [0.3, 0.4) is 0 Å². The molecule has 0 saturated heterocycles. The van der Waals surface area contributed by atoms with Crippen LogP contribution in [0.1, 0.15) is 20.1 Å². The van der Waals surface area contributed by atoms with Crippen LogP contribution in [0.2, 0.25) is 0 Å². The van der Waals surface area contributed by atoms with Crippen LogP contribution in [-0.2, 0) is 6.54 Å². The van der Waals surface area contributed by atoms with E-state index in [1.807, 2.05) is 67.7 Å². The number of carbonyl (C=O) groups excluding carboxylic acids is 1. The minimum Gasteiger partial charge on any atom is -0.497 e. The van der Waals surface area contributed by atoms with E-state index in [9.17, 15) is 4.79 Å². The molecule has 0 aliphatic heterocycles. The Labute approximate surface area is 152 Å². The number of hydrogen-bond donors (Lipinski definition) is 0. The molecule has 1 heterocycles. The lowest BCUT2D eigenvalue weighted by atomic mass is 10.1. The van der Waals surface area contributed by atoms with E-state index < -0.39 is 0 Å². The van der Waals surface area contributed by atoms with Gasteiger partial charge in [-0.2, -0.15) is 0 Å². The quantitative estimate of drug-likeness (QED) is 0.647. The molecule has 0 spiro atoms. The summed E-state index contributed by atoms with van der Waals surface area (Å²) in [6.07, 6.45) is 0. The van der Waals surface area contributed by atoms with Gasteiger partial charge in [0.15, 0.2) is 0 Å². The van der Waals surface area contributed by atoms with E-state index in [0.717, 1.165) is 32.2 Å². The summed E-state index contributed by atoms with van der Waals surface area (Å²) < 4.78 is 5.21. The van der Waals surface area contributed by atoms with Crippen LogP contribution in [0.15, 0.2) is 60.7 Å². The Morgan fingerprint density at radius 3 is 2.40 bits per heavy atom. The number of aryl methyl sites for hydroxylation is 1. The number of ether oxygens (including phenoxy) is 1. The van der Waals surface area contributed by atoms with Crippen molar-refractivity contribution >= 4 is 17.2 Å². The molecular formula is C21H21NO2S. The average Bonchev–Trinajstić information content (AvgIpc) is 3.03. The maximum atomic E-state index is 12.8. The van der Waals surface area contributed by atoms with Crippen LogP contribution in [0.5, 0.6) is 5.75 Å². The van der Waals surface area contributed by atoms with Crippen LogP contribution in [0, 0.1) is 6.92 Å². The van der Waals surface area contributed by atoms with Gasteiger partial charge in [-0.25, -0.2) is 0 Å². The summed E-state index contributed by atoms with van der Waals surface area (Å²) in [5, 5.41) is 0. The highest BCUT2D eigenvalue weighted by Crippen LogP contribution is 2.32. The van der Waals surface area contributed by atoms with Gasteiger partial charge in [-0.1, -0.05) is 42.5 Å². The molecule has 0 radical (unpaired) electrons. The third-order valence-electron chi connectivity index (χ3n) is 4.14. The lowest BCUT2D eigenvalue weighted by Crippen LogP contribution is -2.25. The summed E-state index contributed by atoms with van der Waals surface area (Å²) >= 11 is 1.54. The molecule has 0 bridgehead atoms. The summed E-state index contributed by atoms with van der Waals surface area (Å²) in [6.45, 7) is 2.66. The zero-order chi connectivity index (χ0) is 17.8. The first kappa shape index (κ1) is 17.2. The molecule has 4 heteroatoms. The molecule has 1 amide bonds. The molecule has 25 heavy (non-hydrogen) atoms. The van der Waals surface area contributed by atoms with Crippen molar-refractivity contribution in [2.75, 3.05) is 14.2 Å². The van der Waals surface area contributed by atoms with Gasteiger partial charge in [0.25, 0.3) is 5.91 Å². The number of methoxy groups -OCH3 is 1. The first-order chi connectivity index (χ1) is 12.1. The van der Waals surface area contributed by atoms with E-state index in [1.54, 1.807) is 23.3 Å². The van der Waals surface area contributed by atoms with Crippen molar-refractivity contribution in [1.29, 1.82) is 0 Å². The summed E-state index contributed by atoms with van der Waals surface area (Å²) in [5.41, 5.74) is 3.32. The molecule has 2 aromatic carbocycles. The fourth-order valence-electron chi connectivity index (χ4n) is 2.76. The lowest BCUT2D eigenvalue weighted by molar-refractivity contribution is 0.0790. The molecule has 0 saturated carbocycles. The molecule has 0 aliphatic carbocycles. The van der Waals surface area contributed by atoms with Gasteiger partial charge in [-0.05, 0) is 41.8 Å². The summed E-state index contributed by atoms with van der Waals surface area (Å²) in [4.78, 5) is 16.4. The van der Waals surface area contributed by atoms with E-state index in [-0.39, 0.29) is 5.91 Å². The predicted molar refractivity (Wildman–Crippen MR) is 103 cm³/mol. The molecule has 0 atom stereocenters. The molecule has 0 unspecified atom stereocenters. The Bertz CT molecular complexity index is 853. The zero-order valence-corrected chi connectivity index (χ0v) is 15.5. The molecule has 128 valence electrons. The molecule has 0 fully saturated rings. The van der Waals surface area contributed by atoms with Gasteiger partial charge in [0.2, 0.25) is 0 Å². The summed E-state index contributed by atoms with van der Waals surface area (Å²) in [5.74, 6) is 0.882. The van der Waals surface area contributed by atoms with Gasteiger partial charge in [-0.15, -0.1) is 11.3 Å². The normalized spacial score (nSPS) is 10.5. The smallest absolute Gasteiger partial charge is 0.263 e. The maximum absolute atomic E-state index is 12.8. The van der Waals surface area contributed by atoms with E-state index in [4.69, 9.17) is 4.74 Å². The predicted octanol–water partition coefficient (Wildman–Crippen LogP) is 5.00. The Balaban J connectivity index is 1.79. The van der Waals surface area contributed by atoms with E-state index in [0.29, 0.717) is 6.54 Å². The average molecular weight is 351 g/mol. The molecule has 3 nitrogen and oxygen atoms in total. The highest BCUT2D eigenvalue weighted by Gasteiger charge is 2.17. The second kappa shape index (κ2) is 7.53. The molecule has 0 aliphatic rings. The Kier molecular flexibility index (Phi) is 5.19. The third kappa shape index (κ3) is 3.91. The fourth-order valence-corrected chi connectivity index (χ4v) is 3.80. The molecular weight excluding hydrogens is 330 g/mol. The van der Waals surface area contributed by atoms with Crippen LogP contribution in [-0.4, -0.2) is 25.0 Å². The van der Waals surface area contributed by atoms with Crippen LogP contribution >= 0.6 is 11.3 Å². The Morgan fingerprint density at radius 2 is 1.76 bits per heavy atom. The van der Waals surface area contributed by atoms with Gasteiger partial charge in [0.1, 0.15) is 5.75 Å². The van der Waals surface area contributed by atoms with Crippen LogP contribution in [0.25, 0.3) is 11.1 Å². The maximum Gasteiger partial charge on any atom is 0.263 e. The van der Waals surface area contributed by atoms with Gasteiger partial charge in [0, 0.05) is 18.5 Å². The first-order valence-corrected chi connectivity index (χ1v) is 8.94.